The van der Waals surface area contributed by atoms with Crippen molar-refractivity contribution in [2.75, 3.05) is 13.2 Å². The van der Waals surface area contributed by atoms with Crippen molar-refractivity contribution in [1.29, 1.82) is 0 Å². The van der Waals surface area contributed by atoms with Gasteiger partial charge >= 0.3 is 11.9 Å². The minimum absolute atomic E-state index is 0.166. The van der Waals surface area contributed by atoms with Crippen molar-refractivity contribution < 1.29 is 19.1 Å². The first-order valence-corrected chi connectivity index (χ1v) is 10.7. The van der Waals surface area contributed by atoms with E-state index in [0.717, 1.165) is 49.0 Å². The standard InChI is InChI=1S/C22H36O4/c1-4-7-16-8-10-17(11-9-16)18-12-14-19(15-13-18)20(21(23)25-5-2)22(24)26-6-3/h16-18H,4-15H2,1-3H3. The Morgan fingerprint density at radius 2 is 1.31 bits per heavy atom. The highest BCUT2D eigenvalue weighted by Gasteiger charge is 2.32. The fourth-order valence-electron chi connectivity index (χ4n) is 4.85. The van der Waals surface area contributed by atoms with Gasteiger partial charge in [-0.15, -0.1) is 0 Å². The van der Waals surface area contributed by atoms with Gasteiger partial charge in [-0.3, -0.25) is 0 Å². The summed E-state index contributed by atoms with van der Waals surface area (Å²) in [7, 11) is 0. The Balaban J connectivity index is 1.96. The second-order valence-corrected chi connectivity index (χ2v) is 7.83. The van der Waals surface area contributed by atoms with Gasteiger partial charge < -0.3 is 9.47 Å². The average Bonchev–Trinajstić information content (AvgIpc) is 2.64. The zero-order valence-corrected chi connectivity index (χ0v) is 16.9. The smallest absolute Gasteiger partial charge is 0.345 e. The monoisotopic (exact) mass is 364 g/mol. The van der Waals surface area contributed by atoms with Crippen molar-refractivity contribution in [2.45, 2.75) is 85.0 Å². The van der Waals surface area contributed by atoms with Gasteiger partial charge in [0, 0.05) is 0 Å². The van der Waals surface area contributed by atoms with E-state index < -0.39 is 11.9 Å². The molecule has 26 heavy (non-hydrogen) atoms. The lowest BCUT2D eigenvalue weighted by atomic mass is 9.69. The van der Waals surface area contributed by atoms with Crippen LogP contribution in [0.3, 0.4) is 0 Å². The van der Waals surface area contributed by atoms with Crippen molar-refractivity contribution in [3.63, 3.8) is 0 Å². The van der Waals surface area contributed by atoms with Crippen molar-refractivity contribution in [3.05, 3.63) is 11.1 Å². The minimum Gasteiger partial charge on any atom is -0.462 e. The summed E-state index contributed by atoms with van der Waals surface area (Å²) in [5.74, 6) is 1.48. The minimum atomic E-state index is -0.514. The molecule has 0 aromatic carbocycles. The van der Waals surface area contributed by atoms with Crippen molar-refractivity contribution in [3.8, 4) is 0 Å². The van der Waals surface area contributed by atoms with Gasteiger partial charge in [0.2, 0.25) is 0 Å². The topological polar surface area (TPSA) is 52.6 Å². The lowest BCUT2D eigenvalue weighted by Crippen LogP contribution is -2.26. The van der Waals surface area contributed by atoms with E-state index in [1.165, 1.54) is 38.5 Å². The molecule has 0 aliphatic heterocycles. The SMILES string of the molecule is CCCC1CCC(C2CCC(=C(C(=O)OCC)C(=O)OCC)CC2)CC1. The number of ether oxygens (including phenoxy) is 2. The molecule has 0 atom stereocenters. The summed E-state index contributed by atoms with van der Waals surface area (Å²) in [4.78, 5) is 24.5. The van der Waals surface area contributed by atoms with E-state index in [2.05, 4.69) is 6.92 Å². The molecule has 2 aliphatic rings. The van der Waals surface area contributed by atoms with E-state index in [4.69, 9.17) is 9.47 Å². The Labute approximate surface area is 158 Å². The summed E-state index contributed by atoms with van der Waals surface area (Å²) in [6.45, 7) is 6.36. The number of esters is 2. The van der Waals surface area contributed by atoms with E-state index in [-0.39, 0.29) is 18.8 Å². The van der Waals surface area contributed by atoms with Gasteiger partial charge in [0.1, 0.15) is 5.57 Å². The molecule has 0 saturated heterocycles. The summed E-state index contributed by atoms with van der Waals surface area (Å²) in [6.07, 6.45) is 12.0. The van der Waals surface area contributed by atoms with Crippen molar-refractivity contribution >= 4 is 11.9 Å². The van der Waals surface area contributed by atoms with E-state index in [0.29, 0.717) is 0 Å². The maximum absolute atomic E-state index is 12.3. The molecule has 0 spiro atoms. The Bertz CT molecular complexity index is 470. The molecular weight excluding hydrogens is 328 g/mol. The second kappa shape index (κ2) is 10.7. The van der Waals surface area contributed by atoms with Gasteiger partial charge in [-0.25, -0.2) is 9.59 Å². The molecule has 0 N–H and O–H groups in total. The number of hydrogen-bond acceptors (Lipinski definition) is 4. The molecular formula is C22H36O4. The normalized spacial score (nSPS) is 26.3. The molecule has 2 saturated carbocycles. The van der Waals surface area contributed by atoms with Gasteiger partial charge in [-0.05, 0) is 75.7 Å². The van der Waals surface area contributed by atoms with E-state index in [9.17, 15) is 9.59 Å². The lowest BCUT2D eigenvalue weighted by Gasteiger charge is -2.36. The van der Waals surface area contributed by atoms with Gasteiger partial charge in [0.25, 0.3) is 0 Å². The fraction of sp³-hybridized carbons (Fsp3) is 0.818. The lowest BCUT2D eigenvalue weighted by molar-refractivity contribution is -0.146. The maximum atomic E-state index is 12.3. The third-order valence-electron chi connectivity index (χ3n) is 6.20. The van der Waals surface area contributed by atoms with E-state index >= 15 is 0 Å². The molecule has 0 aromatic heterocycles. The molecule has 0 aromatic rings. The van der Waals surface area contributed by atoms with Gasteiger partial charge in [-0.1, -0.05) is 32.6 Å². The largest absolute Gasteiger partial charge is 0.462 e. The molecule has 2 aliphatic carbocycles. The van der Waals surface area contributed by atoms with Crippen LogP contribution in [0.15, 0.2) is 11.1 Å². The van der Waals surface area contributed by atoms with Crippen LogP contribution < -0.4 is 0 Å². The van der Waals surface area contributed by atoms with Crippen molar-refractivity contribution in [2.24, 2.45) is 17.8 Å². The number of carbonyl (C=O) groups is 2. The highest BCUT2D eigenvalue weighted by Crippen LogP contribution is 2.42. The molecule has 0 bridgehead atoms. The van der Waals surface area contributed by atoms with Crippen LogP contribution in [-0.2, 0) is 19.1 Å². The predicted octanol–water partition coefficient (Wildman–Crippen LogP) is 5.21. The summed E-state index contributed by atoms with van der Waals surface area (Å²) in [5, 5.41) is 0. The molecule has 0 amide bonds. The zero-order chi connectivity index (χ0) is 18.9. The third kappa shape index (κ3) is 5.59. The Morgan fingerprint density at radius 3 is 1.77 bits per heavy atom. The average molecular weight is 365 g/mol. The van der Waals surface area contributed by atoms with Gasteiger partial charge in [-0.2, -0.15) is 0 Å². The second-order valence-electron chi connectivity index (χ2n) is 7.83. The summed E-state index contributed by atoms with van der Waals surface area (Å²) in [6, 6.07) is 0. The first-order valence-electron chi connectivity index (χ1n) is 10.7. The Hall–Kier alpha value is -1.32. The van der Waals surface area contributed by atoms with Crippen LogP contribution in [0.2, 0.25) is 0 Å². The molecule has 0 heterocycles. The summed E-state index contributed by atoms with van der Waals surface area (Å²) in [5.41, 5.74) is 1.11. The molecule has 2 rings (SSSR count). The fourth-order valence-corrected chi connectivity index (χ4v) is 4.85. The van der Waals surface area contributed by atoms with Gasteiger partial charge in [0.15, 0.2) is 0 Å². The number of rotatable bonds is 7. The van der Waals surface area contributed by atoms with E-state index in [1.54, 1.807) is 13.8 Å². The first kappa shape index (κ1) is 21.0. The van der Waals surface area contributed by atoms with Crippen LogP contribution in [0.4, 0.5) is 0 Å². The zero-order valence-electron chi connectivity index (χ0n) is 16.9. The highest BCUT2D eigenvalue weighted by atomic mass is 16.6. The van der Waals surface area contributed by atoms with Gasteiger partial charge in [0.05, 0.1) is 13.2 Å². The Morgan fingerprint density at radius 1 is 0.808 bits per heavy atom. The van der Waals surface area contributed by atoms with E-state index in [1.807, 2.05) is 0 Å². The third-order valence-corrected chi connectivity index (χ3v) is 6.20. The van der Waals surface area contributed by atoms with Crippen molar-refractivity contribution in [1.82, 2.24) is 0 Å². The molecule has 4 heteroatoms. The van der Waals surface area contributed by atoms with Crippen LogP contribution in [-0.4, -0.2) is 25.2 Å². The summed E-state index contributed by atoms with van der Waals surface area (Å²) >= 11 is 0. The highest BCUT2D eigenvalue weighted by molar-refractivity contribution is 6.14. The number of hydrogen-bond donors (Lipinski definition) is 0. The molecule has 0 unspecified atom stereocenters. The first-order chi connectivity index (χ1) is 12.6. The molecule has 148 valence electrons. The number of carbonyl (C=O) groups excluding carboxylic acids is 2. The number of allylic oxidation sites excluding steroid dienone is 1. The maximum Gasteiger partial charge on any atom is 0.345 e. The molecule has 4 nitrogen and oxygen atoms in total. The van der Waals surface area contributed by atoms with Crippen LogP contribution in [0.5, 0.6) is 0 Å². The van der Waals surface area contributed by atoms with Crippen LogP contribution in [0.25, 0.3) is 0 Å². The van der Waals surface area contributed by atoms with Crippen LogP contribution in [0, 0.1) is 17.8 Å². The predicted molar refractivity (Wildman–Crippen MR) is 103 cm³/mol. The van der Waals surface area contributed by atoms with Crippen LogP contribution >= 0.6 is 0 Å². The van der Waals surface area contributed by atoms with Crippen LogP contribution in [0.1, 0.15) is 85.0 Å². The quantitative estimate of drug-likeness (QED) is 0.269. The summed E-state index contributed by atoms with van der Waals surface area (Å²) < 4.78 is 10.2. The molecule has 0 radical (unpaired) electrons. The molecule has 2 fully saturated rings. The Kier molecular flexibility index (Phi) is 8.67.